The highest BCUT2D eigenvalue weighted by Crippen LogP contribution is 2.26. The van der Waals surface area contributed by atoms with E-state index >= 15 is 0 Å². The first-order chi connectivity index (χ1) is 6.16. The van der Waals surface area contributed by atoms with Crippen molar-refractivity contribution < 1.29 is 0 Å². The van der Waals surface area contributed by atoms with Gasteiger partial charge in [0.1, 0.15) is 0 Å². The van der Waals surface area contributed by atoms with Crippen LogP contribution >= 0.6 is 23.2 Å². The molecule has 1 aromatic heterocycles. The molecule has 0 atom stereocenters. The third kappa shape index (κ3) is 2.48. The summed E-state index contributed by atoms with van der Waals surface area (Å²) in [7, 11) is 1.96. The predicted molar refractivity (Wildman–Crippen MR) is 58.0 cm³/mol. The van der Waals surface area contributed by atoms with Gasteiger partial charge in [-0.3, -0.25) is 4.98 Å². The maximum absolute atomic E-state index is 6.08. The molecule has 0 aliphatic heterocycles. The van der Waals surface area contributed by atoms with E-state index in [9.17, 15) is 0 Å². The van der Waals surface area contributed by atoms with E-state index in [1.807, 2.05) is 24.9 Å². The molecule has 0 radical (unpaired) electrons. The smallest absolute Gasteiger partial charge is 0.0851 e. The molecule has 0 bridgehead atoms. The molecule has 0 spiro atoms. The lowest BCUT2D eigenvalue weighted by Gasteiger charge is -2.19. The zero-order chi connectivity index (χ0) is 9.84. The summed E-state index contributed by atoms with van der Waals surface area (Å²) in [6.45, 7) is 2.67. The molecule has 72 valence electrons. The second-order valence-corrected chi connectivity index (χ2v) is 3.60. The Morgan fingerprint density at radius 3 is 2.85 bits per heavy atom. The minimum atomic E-state index is 0.591. The SMILES string of the molecule is Cc1nccc(N(C)CCCl)c1Cl. The molecule has 4 heteroatoms. The minimum absolute atomic E-state index is 0.591. The third-order valence-electron chi connectivity index (χ3n) is 1.87. The van der Waals surface area contributed by atoms with E-state index in [-0.39, 0.29) is 0 Å². The molecule has 0 amide bonds. The van der Waals surface area contributed by atoms with E-state index in [1.54, 1.807) is 6.20 Å². The third-order valence-corrected chi connectivity index (χ3v) is 2.51. The quantitative estimate of drug-likeness (QED) is 0.726. The highest BCUT2D eigenvalue weighted by atomic mass is 35.5. The van der Waals surface area contributed by atoms with Gasteiger partial charge >= 0.3 is 0 Å². The second-order valence-electron chi connectivity index (χ2n) is 2.84. The van der Waals surface area contributed by atoms with Crippen molar-refractivity contribution in [3.8, 4) is 0 Å². The Morgan fingerprint density at radius 1 is 1.54 bits per heavy atom. The molecule has 0 saturated carbocycles. The van der Waals surface area contributed by atoms with Crippen LogP contribution in [-0.2, 0) is 0 Å². The average molecular weight is 219 g/mol. The number of halogens is 2. The van der Waals surface area contributed by atoms with Gasteiger partial charge in [-0.25, -0.2) is 0 Å². The Morgan fingerprint density at radius 2 is 2.23 bits per heavy atom. The van der Waals surface area contributed by atoms with Crippen molar-refractivity contribution in [2.45, 2.75) is 6.92 Å². The normalized spacial score (nSPS) is 10.2. The summed E-state index contributed by atoms with van der Waals surface area (Å²) in [5, 5.41) is 0.704. The van der Waals surface area contributed by atoms with Crippen LogP contribution in [0.1, 0.15) is 5.69 Å². The molecule has 0 aliphatic carbocycles. The second kappa shape index (κ2) is 4.68. The van der Waals surface area contributed by atoms with E-state index in [2.05, 4.69) is 4.98 Å². The van der Waals surface area contributed by atoms with Crippen LogP contribution in [0.25, 0.3) is 0 Å². The number of hydrogen-bond acceptors (Lipinski definition) is 2. The molecule has 0 N–H and O–H groups in total. The zero-order valence-electron chi connectivity index (χ0n) is 7.72. The first-order valence-corrected chi connectivity index (χ1v) is 4.96. The van der Waals surface area contributed by atoms with Crippen molar-refractivity contribution >= 4 is 28.9 Å². The van der Waals surface area contributed by atoms with Gasteiger partial charge in [-0.15, -0.1) is 11.6 Å². The van der Waals surface area contributed by atoms with Crippen molar-refractivity contribution in [1.82, 2.24) is 4.98 Å². The summed E-state index contributed by atoms with van der Waals surface area (Å²) in [4.78, 5) is 6.11. The fourth-order valence-electron chi connectivity index (χ4n) is 1.08. The Kier molecular flexibility index (Phi) is 3.82. The van der Waals surface area contributed by atoms with Gasteiger partial charge in [0.25, 0.3) is 0 Å². The van der Waals surface area contributed by atoms with Crippen LogP contribution in [0.2, 0.25) is 5.02 Å². The molecule has 1 rings (SSSR count). The van der Waals surface area contributed by atoms with Gasteiger partial charge in [0.2, 0.25) is 0 Å². The lowest BCUT2D eigenvalue weighted by molar-refractivity contribution is 0.967. The van der Waals surface area contributed by atoms with Crippen LogP contribution in [0.5, 0.6) is 0 Å². The van der Waals surface area contributed by atoms with Crippen molar-refractivity contribution in [1.29, 1.82) is 0 Å². The van der Waals surface area contributed by atoms with Crippen LogP contribution in [0.4, 0.5) is 5.69 Å². The minimum Gasteiger partial charge on any atom is -0.372 e. The van der Waals surface area contributed by atoms with Crippen LogP contribution in [0, 0.1) is 6.92 Å². The van der Waals surface area contributed by atoms with E-state index in [4.69, 9.17) is 23.2 Å². The zero-order valence-corrected chi connectivity index (χ0v) is 9.23. The van der Waals surface area contributed by atoms with Crippen molar-refractivity contribution in [2.24, 2.45) is 0 Å². The fraction of sp³-hybridized carbons (Fsp3) is 0.444. The highest BCUT2D eigenvalue weighted by molar-refractivity contribution is 6.33. The molecular formula is C9H12Cl2N2. The van der Waals surface area contributed by atoms with Crippen molar-refractivity contribution in [2.75, 3.05) is 24.4 Å². The maximum Gasteiger partial charge on any atom is 0.0851 e. The van der Waals surface area contributed by atoms with Gasteiger partial charge in [-0.05, 0) is 13.0 Å². The number of pyridine rings is 1. The number of nitrogens with zero attached hydrogens (tertiary/aromatic N) is 2. The van der Waals surface area contributed by atoms with Crippen LogP contribution in [0.3, 0.4) is 0 Å². The van der Waals surface area contributed by atoms with Gasteiger partial charge in [-0.2, -0.15) is 0 Å². The molecule has 0 saturated heterocycles. The monoisotopic (exact) mass is 218 g/mol. The van der Waals surface area contributed by atoms with Gasteiger partial charge in [0, 0.05) is 25.7 Å². The Balaban J connectivity index is 2.93. The summed E-state index contributed by atoms with van der Waals surface area (Å²) in [5.74, 6) is 0.591. The summed E-state index contributed by atoms with van der Waals surface area (Å²) >= 11 is 11.7. The molecule has 0 aromatic carbocycles. The number of hydrogen-bond donors (Lipinski definition) is 0. The van der Waals surface area contributed by atoms with Gasteiger partial charge in [0.05, 0.1) is 16.4 Å². The standard InChI is InChI=1S/C9H12Cl2N2/c1-7-9(11)8(3-5-12-7)13(2)6-4-10/h3,5H,4,6H2,1-2H3. The largest absolute Gasteiger partial charge is 0.372 e. The van der Waals surface area contributed by atoms with Gasteiger partial charge in [-0.1, -0.05) is 11.6 Å². The number of anilines is 1. The van der Waals surface area contributed by atoms with Gasteiger partial charge in [0.15, 0.2) is 0 Å². The Bertz CT molecular complexity index is 289. The Labute approximate surface area is 88.5 Å². The van der Waals surface area contributed by atoms with E-state index in [0.29, 0.717) is 10.9 Å². The van der Waals surface area contributed by atoms with Crippen LogP contribution in [-0.4, -0.2) is 24.5 Å². The van der Waals surface area contributed by atoms with E-state index in [0.717, 1.165) is 17.9 Å². The van der Waals surface area contributed by atoms with E-state index < -0.39 is 0 Å². The maximum atomic E-state index is 6.08. The fourth-order valence-corrected chi connectivity index (χ4v) is 1.59. The molecule has 1 aromatic rings. The number of aromatic nitrogens is 1. The van der Waals surface area contributed by atoms with Crippen molar-refractivity contribution in [3.05, 3.63) is 23.0 Å². The summed E-state index contributed by atoms with van der Waals surface area (Å²) in [6, 6.07) is 1.89. The summed E-state index contributed by atoms with van der Waals surface area (Å²) in [6.07, 6.45) is 1.75. The lowest BCUT2D eigenvalue weighted by Crippen LogP contribution is -2.20. The summed E-state index contributed by atoms with van der Waals surface area (Å²) in [5.41, 5.74) is 1.83. The number of rotatable bonds is 3. The van der Waals surface area contributed by atoms with Crippen molar-refractivity contribution in [3.63, 3.8) is 0 Å². The van der Waals surface area contributed by atoms with Crippen LogP contribution in [0.15, 0.2) is 12.3 Å². The topological polar surface area (TPSA) is 16.1 Å². The average Bonchev–Trinajstić information content (AvgIpc) is 2.10. The lowest BCUT2D eigenvalue weighted by atomic mass is 10.3. The predicted octanol–water partition coefficient (Wildman–Crippen LogP) is 2.72. The molecule has 0 unspecified atom stereocenters. The number of aryl methyl sites for hydroxylation is 1. The molecular weight excluding hydrogens is 207 g/mol. The van der Waals surface area contributed by atoms with E-state index in [1.165, 1.54) is 0 Å². The molecule has 0 fully saturated rings. The molecule has 0 aliphatic rings. The summed E-state index contributed by atoms with van der Waals surface area (Å²) < 4.78 is 0. The highest BCUT2D eigenvalue weighted by Gasteiger charge is 2.07. The van der Waals surface area contributed by atoms with Crippen LogP contribution < -0.4 is 4.90 Å². The first-order valence-electron chi connectivity index (χ1n) is 4.05. The molecule has 1 heterocycles. The van der Waals surface area contributed by atoms with Gasteiger partial charge < -0.3 is 4.90 Å². The number of alkyl halides is 1. The Hall–Kier alpha value is -0.470. The molecule has 2 nitrogen and oxygen atoms in total. The first kappa shape index (κ1) is 10.6. The molecule has 13 heavy (non-hydrogen) atoms.